The summed E-state index contributed by atoms with van der Waals surface area (Å²) in [6.07, 6.45) is 13.2. The lowest BCUT2D eigenvalue weighted by Gasteiger charge is -2.22. The number of hydrogen-bond acceptors (Lipinski definition) is 5. The molecule has 0 spiro atoms. The topological polar surface area (TPSA) is 104 Å². The summed E-state index contributed by atoms with van der Waals surface area (Å²) in [6.45, 7) is 6.84. The lowest BCUT2D eigenvalue weighted by Crippen LogP contribution is -2.30. The van der Waals surface area contributed by atoms with Gasteiger partial charge < -0.3 is 14.9 Å². The Morgan fingerprint density at radius 3 is 1.79 bits per heavy atom. The lowest BCUT2D eigenvalue weighted by atomic mass is 10.1. The van der Waals surface area contributed by atoms with Gasteiger partial charge in [-0.15, -0.1) is 0 Å². The van der Waals surface area contributed by atoms with Crippen LogP contribution in [0, 0.1) is 0 Å². The number of carboxylic acid groups (broad SMARTS) is 2. The molecular weight excluding hydrogens is 362 g/mol. The van der Waals surface area contributed by atoms with Crippen LogP contribution in [0.2, 0.25) is 0 Å². The number of carbonyl (C=O) groups excluding carboxylic acids is 1. The van der Waals surface area contributed by atoms with Crippen molar-refractivity contribution in [3.05, 3.63) is 0 Å². The zero-order valence-electron chi connectivity index (χ0n) is 17.9. The molecule has 7 heteroatoms. The molecule has 0 aromatic carbocycles. The van der Waals surface area contributed by atoms with Gasteiger partial charge in [-0.05, 0) is 32.4 Å². The molecule has 0 bridgehead atoms. The molecule has 0 heterocycles. The van der Waals surface area contributed by atoms with Crippen LogP contribution in [0.1, 0.15) is 90.9 Å². The number of nitrogens with zero attached hydrogens (tertiary/aromatic N) is 1. The molecule has 28 heavy (non-hydrogen) atoms. The van der Waals surface area contributed by atoms with Crippen LogP contribution in [0.5, 0.6) is 0 Å². The maximum Gasteiger partial charge on any atom is 0.303 e. The summed E-state index contributed by atoms with van der Waals surface area (Å²) >= 11 is 0. The fraction of sp³-hybridized carbons (Fsp3) is 0.857. The molecule has 0 amide bonds. The average molecular weight is 404 g/mol. The standard InChI is InChI=1S/C20H39NO4.CH2O2/c1-3-4-5-6-9-12-15-21(17-18-25-19(2)22)16-13-10-7-8-11-14-20(23)24;2-1-3/h3-18H2,1-2H3,(H,23,24);1H,(H,2,3). The van der Waals surface area contributed by atoms with Crippen LogP contribution in [0.25, 0.3) is 0 Å². The van der Waals surface area contributed by atoms with E-state index in [0.717, 1.165) is 51.7 Å². The Labute approximate surface area is 170 Å². The van der Waals surface area contributed by atoms with Crippen molar-refractivity contribution in [1.29, 1.82) is 0 Å². The van der Waals surface area contributed by atoms with E-state index < -0.39 is 5.97 Å². The Balaban J connectivity index is 0. The summed E-state index contributed by atoms with van der Waals surface area (Å²) < 4.78 is 5.08. The molecule has 0 aliphatic carbocycles. The monoisotopic (exact) mass is 403 g/mol. The van der Waals surface area contributed by atoms with Crippen molar-refractivity contribution in [2.24, 2.45) is 0 Å². The van der Waals surface area contributed by atoms with Crippen LogP contribution in [0.15, 0.2) is 0 Å². The normalized spacial score (nSPS) is 10.2. The predicted octanol–water partition coefficient (Wildman–Crippen LogP) is 4.34. The SMILES string of the molecule is CCCCCCCCN(CCCCCCCC(=O)O)CCOC(C)=O.O=CO. The number of ether oxygens (including phenoxy) is 1. The van der Waals surface area contributed by atoms with Gasteiger partial charge in [0.05, 0.1) is 0 Å². The van der Waals surface area contributed by atoms with Crippen molar-refractivity contribution in [2.45, 2.75) is 90.9 Å². The second-order valence-electron chi connectivity index (χ2n) is 6.97. The molecule has 0 atom stereocenters. The predicted molar refractivity (Wildman–Crippen MR) is 110 cm³/mol. The van der Waals surface area contributed by atoms with Crippen LogP contribution in [-0.2, 0) is 19.1 Å². The van der Waals surface area contributed by atoms with E-state index in [-0.39, 0.29) is 18.9 Å². The summed E-state index contributed by atoms with van der Waals surface area (Å²) in [7, 11) is 0. The molecule has 2 N–H and O–H groups in total. The molecule has 0 aromatic heterocycles. The Morgan fingerprint density at radius 2 is 1.32 bits per heavy atom. The minimum Gasteiger partial charge on any atom is -0.483 e. The van der Waals surface area contributed by atoms with E-state index in [1.807, 2.05) is 0 Å². The van der Waals surface area contributed by atoms with E-state index >= 15 is 0 Å². The quantitative estimate of drug-likeness (QED) is 0.199. The van der Waals surface area contributed by atoms with Crippen molar-refractivity contribution >= 4 is 18.4 Å². The fourth-order valence-corrected chi connectivity index (χ4v) is 2.91. The van der Waals surface area contributed by atoms with E-state index in [2.05, 4.69) is 11.8 Å². The molecule has 0 unspecified atom stereocenters. The van der Waals surface area contributed by atoms with Crippen molar-refractivity contribution in [3.63, 3.8) is 0 Å². The first-order valence-electron chi connectivity index (χ1n) is 10.6. The largest absolute Gasteiger partial charge is 0.483 e. The highest BCUT2D eigenvalue weighted by Crippen LogP contribution is 2.09. The zero-order chi connectivity index (χ0) is 21.5. The first kappa shape index (κ1) is 28.6. The highest BCUT2D eigenvalue weighted by molar-refractivity contribution is 5.66. The van der Waals surface area contributed by atoms with E-state index in [1.165, 1.54) is 45.4 Å². The maximum atomic E-state index is 10.9. The van der Waals surface area contributed by atoms with E-state index in [1.54, 1.807) is 0 Å². The van der Waals surface area contributed by atoms with Gasteiger partial charge in [-0.2, -0.15) is 0 Å². The molecule has 0 rings (SSSR count). The summed E-state index contributed by atoms with van der Waals surface area (Å²) in [5.74, 6) is -0.909. The van der Waals surface area contributed by atoms with Crippen LogP contribution in [0.3, 0.4) is 0 Å². The molecule has 0 radical (unpaired) electrons. The number of hydrogen-bond donors (Lipinski definition) is 2. The van der Waals surface area contributed by atoms with Gasteiger partial charge in [0.25, 0.3) is 6.47 Å². The second kappa shape index (κ2) is 23.4. The first-order chi connectivity index (χ1) is 13.5. The highest BCUT2D eigenvalue weighted by Gasteiger charge is 2.06. The molecule has 166 valence electrons. The van der Waals surface area contributed by atoms with Gasteiger partial charge >= 0.3 is 11.9 Å². The Bertz CT molecular complexity index is 376. The number of rotatable bonds is 18. The van der Waals surface area contributed by atoms with Crippen molar-refractivity contribution < 1.29 is 29.3 Å². The van der Waals surface area contributed by atoms with Crippen LogP contribution in [-0.4, -0.2) is 59.8 Å². The van der Waals surface area contributed by atoms with Crippen molar-refractivity contribution in [3.8, 4) is 0 Å². The summed E-state index contributed by atoms with van der Waals surface area (Å²) in [4.78, 5) is 32.1. The third kappa shape index (κ3) is 26.6. The molecule has 0 fully saturated rings. The Morgan fingerprint density at radius 1 is 0.857 bits per heavy atom. The molecule has 0 saturated heterocycles. The van der Waals surface area contributed by atoms with Crippen LogP contribution >= 0.6 is 0 Å². The minimum atomic E-state index is -0.699. The van der Waals surface area contributed by atoms with Crippen molar-refractivity contribution in [1.82, 2.24) is 4.90 Å². The molecular formula is C21H41NO6. The molecule has 0 saturated carbocycles. The van der Waals surface area contributed by atoms with E-state index in [0.29, 0.717) is 6.61 Å². The number of esters is 1. The lowest BCUT2D eigenvalue weighted by molar-refractivity contribution is -0.141. The summed E-state index contributed by atoms with van der Waals surface area (Å²) in [6, 6.07) is 0. The second-order valence-corrected chi connectivity index (χ2v) is 6.97. The third-order valence-corrected chi connectivity index (χ3v) is 4.41. The Kier molecular flexibility index (Phi) is 23.9. The summed E-state index contributed by atoms with van der Waals surface area (Å²) in [5.41, 5.74) is 0. The van der Waals surface area contributed by atoms with Crippen LogP contribution < -0.4 is 0 Å². The van der Waals surface area contributed by atoms with Crippen LogP contribution in [0.4, 0.5) is 0 Å². The smallest absolute Gasteiger partial charge is 0.303 e. The number of carbonyl (C=O) groups is 3. The number of unbranched alkanes of at least 4 members (excludes halogenated alkanes) is 9. The van der Waals surface area contributed by atoms with E-state index in [9.17, 15) is 9.59 Å². The van der Waals surface area contributed by atoms with Gasteiger partial charge in [0.2, 0.25) is 0 Å². The highest BCUT2D eigenvalue weighted by atomic mass is 16.5. The van der Waals surface area contributed by atoms with Gasteiger partial charge in [0.1, 0.15) is 6.61 Å². The molecule has 0 aliphatic rings. The minimum absolute atomic E-state index is 0.210. The summed E-state index contributed by atoms with van der Waals surface area (Å²) in [5, 5.41) is 15.5. The van der Waals surface area contributed by atoms with Gasteiger partial charge in [-0.1, -0.05) is 58.3 Å². The first-order valence-corrected chi connectivity index (χ1v) is 10.6. The molecule has 0 aliphatic heterocycles. The third-order valence-electron chi connectivity index (χ3n) is 4.41. The average Bonchev–Trinajstić information content (AvgIpc) is 2.63. The number of aliphatic carboxylic acids is 1. The Hall–Kier alpha value is -1.63. The fourth-order valence-electron chi connectivity index (χ4n) is 2.91. The molecule has 0 aromatic rings. The zero-order valence-corrected chi connectivity index (χ0v) is 17.9. The van der Waals surface area contributed by atoms with Gasteiger partial charge in [0.15, 0.2) is 0 Å². The van der Waals surface area contributed by atoms with Gasteiger partial charge in [-0.3, -0.25) is 19.3 Å². The molecule has 7 nitrogen and oxygen atoms in total. The van der Waals surface area contributed by atoms with E-state index in [4.69, 9.17) is 19.7 Å². The number of carboxylic acids is 1. The van der Waals surface area contributed by atoms with Crippen molar-refractivity contribution in [2.75, 3.05) is 26.2 Å². The van der Waals surface area contributed by atoms with Gasteiger partial charge in [0, 0.05) is 19.9 Å². The van der Waals surface area contributed by atoms with Gasteiger partial charge in [-0.25, -0.2) is 0 Å². The maximum absolute atomic E-state index is 10.9.